The number of carbonyl (C=O) groups is 2. The highest BCUT2D eigenvalue weighted by molar-refractivity contribution is 6.29. The molecule has 0 aliphatic carbocycles. The van der Waals surface area contributed by atoms with Gasteiger partial charge in [0.2, 0.25) is 5.91 Å². The molecule has 1 rings (SSSR count). The molecule has 17 heavy (non-hydrogen) atoms. The van der Waals surface area contributed by atoms with E-state index in [4.69, 9.17) is 16.7 Å². The summed E-state index contributed by atoms with van der Waals surface area (Å²) in [7, 11) is 0. The van der Waals surface area contributed by atoms with Crippen molar-refractivity contribution in [3.8, 4) is 0 Å². The number of rotatable bonds is 4. The lowest BCUT2D eigenvalue weighted by atomic mass is 10.2. The van der Waals surface area contributed by atoms with E-state index in [0.29, 0.717) is 0 Å². The van der Waals surface area contributed by atoms with Gasteiger partial charge in [-0.05, 0) is 6.07 Å². The van der Waals surface area contributed by atoms with E-state index in [1.807, 2.05) is 0 Å². The average Bonchev–Trinajstić information content (AvgIpc) is 2.26. The van der Waals surface area contributed by atoms with E-state index in [0.717, 1.165) is 0 Å². The molecular weight excluding hydrogens is 244 g/mol. The summed E-state index contributed by atoms with van der Waals surface area (Å²) in [6, 6.07) is 1.21. The highest BCUT2D eigenvalue weighted by Gasteiger charge is 2.19. The zero-order chi connectivity index (χ0) is 13.0. The number of hydrogen-bond acceptors (Lipinski definition) is 3. The molecule has 0 atom stereocenters. The summed E-state index contributed by atoms with van der Waals surface area (Å²) in [5, 5.41) is 9.10. The second kappa shape index (κ2) is 5.45. The maximum absolute atomic E-state index is 11.4. The third-order valence-corrected chi connectivity index (χ3v) is 2.27. The second-order valence-corrected chi connectivity index (χ2v) is 3.63. The molecule has 1 aromatic rings. The monoisotopic (exact) mass is 254 g/mol. The van der Waals surface area contributed by atoms with Gasteiger partial charge in [0.05, 0.1) is 17.4 Å². The van der Waals surface area contributed by atoms with E-state index in [-0.39, 0.29) is 28.9 Å². The van der Waals surface area contributed by atoms with Crippen LogP contribution < -0.4 is 4.90 Å². The predicted octanol–water partition coefficient (Wildman–Crippen LogP) is 1.97. The molecule has 0 aliphatic heterocycles. The largest absolute Gasteiger partial charge is 0.478 e. The van der Waals surface area contributed by atoms with Crippen molar-refractivity contribution in [2.75, 3.05) is 11.4 Å². The van der Waals surface area contributed by atoms with Crippen molar-refractivity contribution in [2.45, 2.75) is 6.92 Å². The molecule has 0 saturated heterocycles. The number of anilines is 1. The van der Waals surface area contributed by atoms with Crippen LogP contribution in [0.4, 0.5) is 5.69 Å². The van der Waals surface area contributed by atoms with Crippen LogP contribution in [0, 0.1) is 0 Å². The quantitative estimate of drug-likeness (QED) is 0.659. The van der Waals surface area contributed by atoms with Gasteiger partial charge >= 0.3 is 5.97 Å². The Morgan fingerprint density at radius 2 is 2.29 bits per heavy atom. The molecule has 0 fully saturated rings. The van der Waals surface area contributed by atoms with Crippen molar-refractivity contribution < 1.29 is 14.7 Å². The SMILES string of the molecule is C=CCN(C(C)=O)c1cnc(Cl)cc1C(=O)O. The van der Waals surface area contributed by atoms with Crippen LogP contribution in [0.1, 0.15) is 17.3 Å². The van der Waals surface area contributed by atoms with Crippen LogP contribution in [0.3, 0.4) is 0 Å². The lowest BCUT2D eigenvalue weighted by molar-refractivity contribution is -0.116. The Balaban J connectivity index is 3.31. The highest BCUT2D eigenvalue weighted by atomic mass is 35.5. The standard InChI is InChI=1S/C11H11ClN2O3/c1-3-4-14(7(2)15)9-6-13-10(12)5-8(9)11(16)17/h3,5-6H,1,4H2,2H3,(H,16,17). The van der Waals surface area contributed by atoms with Crippen LogP contribution in [0.2, 0.25) is 5.15 Å². The van der Waals surface area contributed by atoms with Crippen LogP contribution in [0.25, 0.3) is 0 Å². The number of carboxylic acid groups (broad SMARTS) is 1. The van der Waals surface area contributed by atoms with Crippen LogP contribution in [-0.4, -0.2) is 28.5 Å². The molecule has 5 nitrogen and oxygen atoms in total. The molecular formula is C11H11ClN2O3. The average molecular weight is 255 g/mol. The Morgan fingerprint density at radius 1 is 1.65 bits per heavy atom. The van der Waals surface area contributed by atoms with Gasteiger partial charge in [-0.1, -0.05) is 17.7 Å². The van der Waals surface area contributed by atoms with Gasteiger partial charge in [-0.15, -0.1) is 6.58 Å². The Bertz CT molecular complexity index is 474. The molecule has 0 bridgehead atoms. The molecule has 0 radical (unpaired) electrons. The fourth-order valence-corrected chi connectivity index (χ4v) is 1.49. The van der Waals surface area contributed by atoms with E-state index < -0.39 is 5.97 Å². The van der Waals surface area contributed by atoms with Crippen LogP contribution >= 0.6 is 11.6 Å². The molecule has 0 aliphatic rings. The lowest BCUT2D eigenvalue weighted by Crippen LogP contribution is -2.30. The van der Waals surface area contributed by atoms with Gasteiger partial charge in [-0.2, -0.15) is 0 Å². The number of amides is 1. The van der Waals surface area contributed by atoms with Crippen LogP contribution in [0.15, 0.2) is 24.9 Å². The first-order chi connectivity index (χ1) is 7.97. The minimum atomic E-state index is -1.17. The first-order valence-electron chi connectivity index (χ1n) is 4.75. The molecule has 6 heteroatoms. The number of halogens is 1. The van der Waals surface area contributed by atoms with Gasteiger partial charge < -0.3 is 10.0 Å². The zero-order valence-corrected chi connectivity index (χ0v) is 9.94. The van der Waals surface area contributed by atoms with Gasteiger partial charge in [-0.3, -0.25) is 4.79 Å². The second-order valence-electron chi connectivity index (χ2n) is 3.25. The van der Waals surface area contributed by atoms with Crippen LogP contribution in [-0.2, 0) is 4.79 Å². The molecule has 1 N–H and O–H groups in total. The normalized spacial score (nSPS) is 9.76. The number of nitrogens with zero attached hydrogens (tertiary/aromatic N) is 2. The molecule has 1 aromatic heterocycles. The Kier molecular flexibility index (Phi) is 4.23. The zero-order valence-electron chi connectivity index (χ0n) is 9.18. The topological polar surface area (TPSA) is 70.5 Å². The first-order valence-corrected chi connectivity index (χ1v) is 5.13. The summed E-state index contributed by atoms with van der Waals surface area (Å²) in [6.07, 6.45) is 2.76. The predicted molar refractivity (Wildman–Crippen MR) is 64.4 cm³/mol. The number of hydrogen-bond donors (Lipinski definition) is 1. The van der Waals surface area contributed by atoms with Gasteiger partial charge in [0.1, 0.15) is 5.15 Å². The van der Waals surface area contributed by atoms with Crippen molar-refractivity contribution in [3.05, 3.63) is 35.6 Å². The minimum Gasteiger partial charge on any atom is -0.478 e. The number of pyridine rings is 1. The van der Waals surface area contributed by atoms with Crippen molar-refractivity contribution in [2.24, 2.45) is 0 Å². The van der Waals surface area contributed by atoms with Gasteiger partial charge in [0.15, 0.2) is 0 Å². The molecule has 90 valence electrons. The number of aromatic nitrogens is 1. The molecule has 0 saturated carbocycles. The summed E-state index contributed by atoms with van der Waals surface area (Å²) in [5.74, 6) is -1.46. The van der Waals surface area contributed by atoms with Gasteiger partial charge in [0, 0.05) is 13.5 Å². The molecule has 0 unspecified atom stereocenters. The van der Waals surface area contributed by atoms with E-state index in [1.54, 1.807) is 0 Å². The fourth-order valence-electron chi connectivity index (χ4n) is 1.33. The Labute approximate surface area is 103 Å². The summed E-state index contributed by atoms with van der Waals surface area (Å²) >= 11 is 5.62. The Hall–Kier alpha value is -1.88. The number of aromatic carboxylic acids is 1. The Morgan fingerprint density at radius 3 is 2.76 bits per heavy atom. The molecule has 1 heterocycles. The smallest absolute Gasteiger partial charge is 0.337 e. The number of carbonyl (C=O) groups excluding carboxylic acids is 1. The third-order valence-electron chi connectivity index (χ3n) is 2.06. The highest BCUT2D eigenvalue weighted by Crippen LogP contribution is 2.22. The minimum absolute atomic E-state index is 0.0632. The first kappa shape index (κ1) is 13.2. The lowest BCUT2D eigenvalue weighted by Gasteiger charge is -2.20. The maximum Gasteiger partial charge on any atom is 0.337 e. The summed E-state index contributed by atoms with van der Waals surface area (Å²) in [5.41, 5.74) is 0.136. The van der Waals surface area contributed by atoms with E-state index in [9.17, 15) is 9.59 Å². The fraction of sp³-hybridized carbons (Fsp3) is 0.182. The van der Waals surface area contributed by atoms with E-state index >= 15 is 0 Å². The summed E-state index contributed by atoms with van der Waals surface area (Å²) < 4.78 is 0. The van der Waals surface area contributed by atoms with Gasteiger partial charge in [0.25, 0.3) is 0 Å². The number of carboxylic acids is 1. The van der Waals surface area contributed by atoms with Crippen molar-refractivity contribution in [3.63, 3.8) is 0 Å². The van der Waals surface area contributed by atoms with E-state index in [1.165, 1.54) is 30.2 Å². The van der Waals surface area contributed by atoms with Gasteiger partial charge in [-0.25, -0.2) is 9.78 Å². The molecule has 0 spiro atoms. The van der Waals surface area contributed by atoms with Crippen molar-refractivity contribution in [1.82, 2.24) is 4.98 Å². The maximum atomic E-state index is 11.4. The van der Waals surface area contributed by atoms with Crippen molar-refractivity contribution in [1.29, 1.82) is 0 Å². The summed E-state index contributed by atoms with van der Waals surface area (Å²) in [6.45, 7) is 5.06. The summed E-state index contributed by atoms with van der Waals surface area (Å²) in [4.78, 5) is 27.5. The molecule has 0 aromatic carbocycles. The van der Waals surface area contributed by atoms with Crippen molar-refractivity contribution >= 4 is 29.2 Å². The van der Waals surface area contributed by atoms with Crippen LogP contribution in [0.5, 0.6) is 0 Å². The van der Waals surface area contributed by atoms with E-state index in [2.05, 4.69) is 11.6 Å². The third kappa shape index (κ3) is 3.04. The molecule has 1 amide bonds.